The summed E-state index contributed by atoms with van der Waals surface area (Å²) in [5.41, 5.74) is 7.04. The molecule has 2 heterocycles. The van der Waals surface area contributed by atoms with Crippen LogP contribution in [0.5, 0.6) is 0 Å². The number of hydrogen-bond donors (Lipinski definition) is 1. The predicted octanol–water partition coefficient (Wildman–Crippen LogP) is 0.664. The minimum atomic E-state index is 0.0292. The minimum Gasteiger partial charge on any atom is -0.322 e. The Morgan fingerprint density at radius 3 is 3.07 bits per heavy atom. The van der Waals surface area contributed by atoms with E-state index in [0.717, 1.165) is 11.4 Å². The highest BCUT2D eigenvalue weighted by Gasteiger charge is 2.24. The molecule has 0 saturated carbocycles. The van der Waals surface area contributed by atoms with E-state index in [4.69, 9.17) is 5.73 Å². The summed E-state index contributed by atoms with van der Waals surface area (Å²) in [6, 6.07) is 0.0292. The summed E-state index contributed by atoms with van der Waals surface area (Å²) in [5.74, 6) is 3.57. The van der Waals surface area contributed by atoms with Crippen LogP contribution in [-0.4, -0.2) is 37.5 Å². The summed E-state index contributed by atoms with van der Waals surface area (Å²) in [4.78, 5) is 0. The van der Waals surface area contributed by atoms with Crippen LogP contribution >= 0.6 is 23.5 Å². The van der Waals surface area contributed by atoms with Gasteiger partial charge in [-0.15, -0.1) is 5.10 Å². The first kappa shape index (κ1) is 10.3. The van der Waals surface area contributed by atoms with Gasteiger partial charge in [-0.2, -0.15) is 23.5 Å². The molecule has 2 N–H and O–H groups in total. The van der Waals surface area contributed by atoms with E-state index in [0.29, 0.717) is 5.25 Å². The van der Waals surface area contributed by atoms with Crippen LogP contribution in [0.1, 0.15) is 11.7 Å². The molecule has 1 aliphatic rings. The molecular weight excluding hydrogens is 216 g/mol. The van der Waals surface area contributed by atoms with Gasteiger partial charge in [-0.3, -0.25) is 4.68 Å². The van der Waals surface area contributed by atoms with E-state index in [9.17, 15) is 0 Å². The van der Waals surface area contributed by atoms with E-state index in [1.807, 2.05) is 36.8 Å². The second-order valence-corrected chi connectivity index (χ2v) is 5.82. The molecule has 2 rings (SSSR count). The molecule has 0 aromatic carbocycles. The molecule has 0 spiro atoms. The Hall–Kier alpha value is -0.200. The van der Waals surface area contributed by atoms with Crippen LogP contribution in [0.3, 0.4) is 0 Å². The van der Waals surface area contributed by atoms with Gasteiger partial charge in [0.15, 0.2) is 0 Å². The Bertz CT molecular complexity index is 295. The van der Waals surface area contributed by atoms with E-state index in [-0.39, 0.29) is 6.04 Å². The first-order chi connectivity index (χ1) is 6.77. The highest BCUT2D eigenvalue weighted by atomic mass is 32.2. The van der Waals surface area contributed by atoms with Crippen molar-refractivity contribution >= 4 is 23.5 Å². The Kier molecular flexibility index (Phi) is 3.35. The fourth-order valence-corrected chi connectivity index (χ4v) is 4.21. The molecule has 0 amide bonds. The predicted molar refractivity (Wildman–Crippen MR) is 61.5 cm³/mol. The third-order valence-electron chi connectivity index (χ3n) is 2.20. The van der Waals surface area contributed by atoms with Crippen LogP contribution < -0.4 is 5.73 Å². The summed E-state index contributed by atoms with van der Waals surface area (Å²) in [6.07, 6.45) is 1.91. The lowest BCUT2D eigenvalue weighted by molar-refractivity contribution is 0.682. The molecule has 14 heavy (non-hydrogen) atoms. The van der Waals surface area contributed by atoms with E-state index in [1.54, 1.807) is 4.68 Å². The maximum Gasteiger partial charge on any atom is 0.101 e. The number of nitrogens with two attached hydrogens (primary N) is 1. The van der Waals surface area contributed by atoms with Gasteiger partial charge in [0.1, 0.15) is 5.69 Å². The van der Waals surface area contributed by atoms with Gasteiger partial charge in [-0.25, -0.2) is 0 Å². The van der Waals surface area contributed by atoms with Crippen LogP contribution in [0.25, 0.3) is 0 Å². The molecule has 1 aromatic heterocycles. The van der Waals surface area contributed by atoms with Gasteiger partial charge in [-0.05, 0) is 0 Å². The molecule has 2 unspecified atom stereocenters. The van der Waals surface area contributed by atoms with Gasteiger partial charge in [0.25, 0.3) is 0 Å². The normalized spacial score (nSPS) is 24.9. The average molecular weight is 230 g/mol. The summed E-state index contributed by atoms with van der Waals surface area (Å²) < 4.78 is 1.70. The van der Waals surface area contributed by atoms with Crippen molar-refractivity contribution in [3.63, 3.8) is 0 Å². The highest BCUT2D eigenvalue weighted by molar-refractivity contribution is 8.06. The quantitative estimate of drug-likeness (QED) is 0.809. The third-order valence-corrected chi connectivity index (χ3v) is 5.09. The van der Waals surface area contributed by atoms with Gasteiger partial charge >= 0.3 is 0 Å². The lowest BCUT2D eigenvalue weighted by Crippen LogP contribution is -2.29. The summed E-state index contributed by atoms with van der Waals surface area (Å²) in [6.45, 7) is 0. The molecular formula is C8H14N4S2. The van der Waals surface area contributed by atoms with Gasteiger partial charge in [0.2, 0.25) is 0 Å². The van der Waals surface area contributed by atoms with Crippen LogP contribution in [0.4, 0.5) is 0 Å². The van der Waals surface area contributed by atoms with Crippen molar-refractivity contribution in [2.45, 2.75) is 11.3 Å². The molecule has 6 heteroatoms. The number of rotatable bonds is 2. The van der Waals surface area contributed by atoms with Crippen molar-refractivity contribution in [1.29, 1.82) is 0 Å². The molecule has 2 atom stereocenters. The van der Waals surface area contributed by atoms with Gasteiger partial charge in [0.05, 0.1) is 6.04 Å². The smallest absolute Gasteiger partial charge is 0.101 e. The fraction of sp³-hybridized carbons (Fsp3) is 0.750. The molecule has 1 fully saturated rings. The standard InChI is InChI=1S/C8H14N4S2/c1-12-4-6(10-11-12)8(9)7-5-13-2-3-14-7/h4,7-8H,2-3,5,9H2,1H3. The molecule has 4 nitrogen and oxygen atoms in total. The Balaban J connectivity index is 2.03. The zero-order chi connectivity index (χ0) is 9.97. The van der Waals surface area contributed by atoms with Crippen molar-refractivity contribution in [3.05, 3.63) is 11.9 Å². The molecule has 1 saturated heterocycles. The van der Waals surface area contributed by atoms with E-state index in [2.05, 4.69) is 10.3 Å². The minimum absolute atomic E-state index is 0.0292. The molecule has 0 aliphatic carbocycles. The van der Waals surface area contributed by atoms with Crippen LogP contribution in [0.2, 0.25) is 0 Å². The van der Waals surface area contributed by atoms with Gasteiger partial charge < -0.3 is 5.73 Å². The summed E-state index contributed by atoms with van der Waals surface area (Å²) in [7, 11) is 1.87. The fourth-order valence-electron chi connectivity index (χ4n) is 1.42. The lowest BCUT2D eigenvalue weighted by Gasteiger charge is -2.25. The number of aromatic nitrogens is 3. The van der Waals surface area contributed by atoms with Crippen LogP contribution in [0.15, 0.2) is 6.20 Å². The maximum atomic E-state index is 6.13. The van der Waals surface area contributed by atoms with E-state index in [1.165, 1.54) is 11.5 Å². The van der Waals surface area contributed by atoms with E-state index >= 15 is 0 Å². The molecule has 78 valence electrons. The number of aryl methyl sites for hydroxylation is 1. The molecule has 0 bridgehead atoms. The number of thioether (sulfide) groups is 2. The summed E-state index contributed by atoms with van der Waals surface area (Å²) in [5, 5.41) is 8.45. The lowest BCUT2D eigenvalue weighted by atomic mass is 10.2. The van der Waals surface area contributed by atoms with Crippen molar-refractivity contribution in [2.75, 3.05) is 17.3 Å². The second-order valence-electron chi connectivity index (χ2n) is 3.33. The zero-order valence-corrected chi connectivity index (χ0v) is 9.72. The Morgan fingerprint density at radius 2 is 2.50 bits per heavy atom. The number of hydrogen-bond acceptors (Lipinski definition) is 5. The SMILES string of the molecule is Cn1cc(C(N)C2CSCCS2)nn1. The van der Waals surface area contributed by atoms with Crippen molar-refractivity contribution in [1.82, 2.24) is 15.0 Å². The van der Waals surface area contributed by atoms with Crippen LogP contribution in [-0.2, 0) is 7.05 Å². The zero-order valence-electron chi connectivity index (χ0n) is 8.09. The topological polar surface area (TPSA) is 56.7 Å². The van der Waals surface area contributed by atoms with Crippen LogP contribution in [0, 0.1) is 0 Å². The third kappa shape index (κ3) is 2.24. The monoisotopic (exact) mass is 230 g/mol. The maximum absolute atomic E-state index is 6.13. The molecule has 0 radical (unpaired) electrons. The van der Waals surface area contributed by atoms with Gasteiger partial charge in [0, 0.05) is 35.8 Å². The highest BCUT2D eigenvalue weighted by Crippen LogP contribution is 2.31. The molecule has 1 aromatic rings. The number of nitrogens with zero attached hydrogens (tertiary/aromatic N) is 3. The Labute approximate surface area is 92.0 Å². The average Bonchev–Trinajstić information content (AvgIpc) is 2.65. The Morgan fingerprint density at radius 1 is 1.64 bits per heavy atom. The first-order valence-electron chi connectivity index (χ1n) is 4.58. The second kappa shape index (κ2) is 4.55. The van der Waals surface area contributed by atoms with Crippen molar-refractivity contribution < 1.29 is 0 Å². The largest absolute Gasteiger partial charge is 0.322 e. The van der Waals surface area contributed by atoms with E-state index < -0.39 is 0 Å². The van der Waals surface area contributed by atoms with Gasteiger partial charge in [-0.1, -0.05) is 5.21 Å². The molecule has 1 aliphatic heterocycles. The summed E-state index contributed by atoms with van der Waals surface area (Å²) >= 11 is 3.93. The van der Waals surface area contributed by atoms with Crippen molar-refractivity contribution in [2.24, 2.45) is 12.8 Å². The van der Waals surface area contributed by atoms with Crippen molar-refractivity contribution in [3.8, 4) is 0 Å². The first-order valence-corrected chi connectivity index (χ1v) is 6.79.